The highest BCUT2D eigenvalue weighted by molar-refractivity contribution is 5.31. The zero-order valence-corrected chi connectivity index (χ0v) is 12.2. The fraction of sp³-hybridized carbons (Fsp3) is 0.529. The number of hydrogen-bond acceptors (Lipinski definition) is 4. The topological polar surface area (TPSA) is 51.0 Å². The van der Waals surface area contributed by atoms with Crippen LogP contribution in [0, 0.1) is 5.92 Å². The van der Waals surface area contributed by atoms with Crippen molar-refractivity contribution in [2.45, 2.75) is 44.6 Å². The molecule has 21 heavy (non-hydrogen) atoms. The van der Waals surface area contributed by atoms with Crippen LogP contribution in [0.4, 0.5) is 0 Å². The van der Waals surface area contributed by atoms with Crippen molar-refractivity contribution in [3.63, 3.8) is 0 Å². The molecule has 0 amide bonds. The Morgan fingerprint density at radius 3 is 2.86 bits per heavy atom. The molecule has 0 saturated heterocycles. The molecule has 2 aliphatic rings. The third kappa shape index (κ3) is 3.00. The van der Waals surface area contributed by atoms with E-state index in [0.717, 1.165) is 43.4 Å². The molecule has 1 aromatic carbocycles. The van der Waals surface area contributed by atoms with E-state index in [1.165, 1.54) is 24.0 Å². The SMILES string of the molecule is c1ccc2c(c1)CCC(c1noc(CNCC3CC3)n1)C2. The Morgan fingerprint density at radius 1 is 1.14 bits per heavy atom. The highest BCUT2D eigenvalue weighted by atomic mass is 16.5. The Bertz CT molecular complexity index is 618. The van der Waals surface area contributed by atoms with Crippen LogP contribution >= 0.6 is 0 Å². The van der Waals surface area contributed by atoms with E-state index in [-0.39, 0.29) is 0 Å². The second kappa shape index (κ2) is 5.60. The maximum Gasteiger partial charge on any atom is 0.240 e. The maximum absolute atomic E-state index is 5.38. The smallest absolute Gasteiger partial charge is 0.240 e. The van der Waals surface area contributed by atoms with Gasteiger partial charge in [-0.25, -0.2) is 0 Å². The zero-order valence-electron chi connectivity index (χ0n) is 12.2. The van der Waals surface area contributed by atoms with Gasteiger partial charge in [-0.3, -0.25) is 0 Å². The maximum atomic E-state index is 5.38. The van der Waals surface area contributed by atoms with Crippen molar-refractivity contribution in [3.8, 4) is 0 Å². The van der Waals surface area contributed by atoms with E-state index in [1.807, 2.05) is 0 Å². The summed E-state index contributed by atoms with van der Waals surface area (Å²) < 4.78 is 5.38. The largest absolute Gasteiger partial charge is 0.338 e. The summed E-state index contributed by atoms with van der Waals surface area (Å²) >= 11 is 0. The van der Waals surface area contributed by atoms with Gasteiger partial charge in [0.25, 0.3) is 0 Å². The first kappa shape index (κ1) is 13.0. The molecule has 1 aromatic heterocycles. The van der Waals surface area contributed by atoms with E-state index in [4.69, 9.17) is 4.52 Å². The molecule has 1 saturated carbocycles. The van der Waals surface area contributed by atoms with Crippen LogP contribution in [0.2, 0.25) is 0 Å². The van der Waals surface area contributed by atoms with Gasteiger partial charge in [-0.05, 0) is 55.7 Å². The number of fused-ring (bicyclic) bond motifs is 1. The Morgan fingerprint density at radius 2 is 2.00 bits per heavy atom. The zero-order chi connectivity index (χ0) is 14.1. The summed E-state index contributed by atoms with van der Waals surface area (Å²) in [7, 11) is 0. The van der Waals surface area contributed by atoms with Crippen LogP contribution in [0.15, 0.2) is 28.8 Å². The average Bonchev–Trinajstić information content (AvgIpc) is 3.23. The van der Waals surface area contributed by atoms with Gasteiger partial charge in [0.2, 0.25) is 5.89 Å². The van der Waals surface area contributed by atoms with Gasteiger partial charge in [-0.15, -0.1) is 0 Å². The predicted octanol–water partition coefficient (Wildman–Crippen LogP) is 2.84. The summed E-state index contributed by atoms with van der Waals surface area (Å²) in [6, 6.07) is 8.69. The minimum Gasteiger partial charge on any atom is -0.338 e. The summed E-state index contributed by atoms with van der Waals surface area (Å²) in [4.78, 5) is 4.58. The van der Waals surface area contributed by atoms with Gasteiger partial charge in [-0.2, -0.15) is 4.98 Å². The second-order valence-electron chi connectivity index (χ2n) is 6.33. The van der Waals surface area contributed by atoms with Gasteiger partial charge in [0, 0.05) is 5.92 Å². The van der Waals surface area contributed by atoms with Crippen LogP contribution in [-0.2, 0) is 19.4 Å². The summed E-state index contributed by atoms with van der Waals surface area (Å²) in [6.45, 7) is 1.78. The van der Waals surface area contributed by atoms with Crippen molar-refractivity contribution < 1.29 is 4.52 Å². The minimum absolute atomic E-state index is 0.404. The number of rotatable bonds is 5. The van der Waals surface area contributed by atoms with Gasteiger partial charge in [-0.1, -0.05) is 29.4 Å². The van der Waals surface area contributed by atoms with E-state index >= 15 is 0 Å². The lowest BCUT2D eigenvalue weighted by Gasteiger charge is -2.21. The van der Waals surface area contributed by atoms with Crippen LogP contribution in [0.3, 0.4) is 0 Å². The van der Waals surface area contributed by atoms with Gasteiger partial charge >= 0.3 is 0 Å². The normalized spacial score (nSPS) is 21.2. The number of aromatic nitrogens is 2. The standard InChI is InChI=1S/C17H21N3O/c1-2-4-14-9-15(8-7-13(14)3-1)17-19-16(21-20-17)11-18-10-12-5-6-12/h1-4,12,15,18H,5-11H2. The third-order valence-corrected chi connectivity index (χ3v) is 4.60. The molecule has 4 nitrogen and oxygen atoms in total. The lowest BCUT2D eigenvalue weighted by atomic mass is 9.83. The number of nitrogens with one attached hydrogen (secondary N) is 1. The fourth-order valence-corrected chi connectivity index (χ4v) is 3.13. The molecule has 1 fully saturated rings. The molecule has 1 unspecified atom stereocenters. The number of nitrogens with zero attached hydrogens (tertiary/aromatic N) is 2. The quantitative estimate of drug-likeness (QED) is 0.916. The van der Waals surface area contributed by atoms with E-state index in [0.29, 0.717) is 12.5 Å². The van der Waals surface area contributed by atoms with Gasteiger partial charge in [0.05, 0.1) is 6.54 Å². The first-order valence-electron chi connectivity index (χ1n) is 7.98. The summed E-state index contributed by atoms with van der Waals surface area (Å²) in [6.07, 6.45) is 5.99. The second-order valence-corrected chi connectivity index (χ2v) is 6.33. The number of hydrogen-bond donors (Lipinski definition) is 1. The van der Waals surface area contributed by atoms with Gasteiger partial charge in [0.1, 0.15) is 0 Å². The van der Waals surface area contributed by atoms with E-state index in [2.05, 4.69) is 39.7 Å². The lowest BCUT2D eigenvalue weighted by Crippen LogP contribution is -2.17. The van der Waals surface area contributed by atoms with Crippen LogP contribution in [0.25, 0.3) is 0 Å². The van der Waals surface area contributed by atoms with Crippen molar-refractivity contribution in [1.29, 1.82) is 0 Å². The Balaban J connectivity index is 1.39. The summed E-state index contributed by atoms with van der Waals surface area (Å²) in [5, 5.41) is 7.60. The fourth-order valence-electron chi connectivity index (χ4n) is 3.13. The van der Waals surface area contributed by atoms with Crippen molar-refractivity contribution in [2.75, 3.05) is 6.54 Å². The molecule has 0 aliphatic heterocycles. The van der Waals surface area contributed by atoms with Crippen LogP contribution in [-0.4, -0.2) is 16.7 Å². The molecule has 2 aromatic rings. The van der Waals surface area contributed by atoms with Crippen LogP contribution in [0.5, 0.6) is 0 Å². The average molecular weight is 283 g/mol. The molecular weight excluding hydrogens is 262 g/mol. The molecule has 1 atom stereocenters. The minimum atomic E-state index is 0.404. The Labute approximate surface area is 124 Å². The number of benzene rings is 1. The molecular formula is C17H21N3O. The van der Waals surface area contributed by atoms with Crippen LogP contribution < -0.4 is 5.32 Å². The summed E-state index contributed by atoms with van der Waals surface area (Å²) in [5.41, 5.74) is 2.91. The molecule has 0 bridgehead atoms. The predicted molar refractivity (Wildman–Crippen MR) is 79.9 cm³/mol. The molecule has 110 valence electrons. The Kier molecular flexibility index (Phi) is 3.47. The van der Waals surface area contributed by atoms with Crippen molar-refractivity contribution >= 4 is 0 Å². The van der Waals surface area contributed by atoms with Crippen LogP contribution in [0.1, 0.15) is 48.0 Å². The number of aryl methyl sites for hydroxylation is 1. The highest BCUT2D eigenvalue weighted by Crippen LogP contribution is 2.31. The van der Waals surface area contributed by atoms with Gasteiger partial charge in [0.15, 0.2) is 5.82 Å². The monoisotopic (exact) mass is 283 g/mol. The molecule has 4 rings (SSSR count). The van der Waals surface area contributed by atoms with E-state index in [9.17, 15) is 0 Å². The molecule has 0 radical (unpaired) electrons. The van der Waals surface area contributed by atoms with Crippen molar-refractivity contribution in [2.24, 2.45) is 5.92 Å². The molecule has 0 spiro atoms. The lowest BCUT2D eigenvalue weighted by molar-refractivity contribution is 0.357. The molecule has 4 heteroatoms. The summed E-state index contributed by atoms with van der Waals surface area (Å²) in [5.74, 6) is 2.89. The van der Waals surface area contributed by atoms with Crippen molar-refractivity contribution in [1.82, 2.24) is 15.5 Å². The molecule has 1 heterocycles. The first-order chi connectivity index (χ1) is 10.4. The van der Waals surface area contributed by atoms with Crippen molar-refractivity contribution in [3.05, 3.63) is 47.1 Å². The highest BCUT2D eigenvalue weighted by Gasteiger charge is 2.24. The third-order valence-electron chi connectivity index (χ3n) is 4.60. The first-order valence-corrected chi connectivity index (χ1v) is 7.98. The van der Waals surface area contributed by atoms with Gasteiger partial charge < -0.3 is 9.84 Å². The Hall–Kier alpha value is -1.68. The molecule has 2 aliphatic carbocycles. The molecule has 1 N–H and O–H groups in total. The van der Waals surface area contributed by atoms with E-state index in [1.54, 1.807) is 0 Å². The van der Waals surface area contributed by atoms with E-state index < -0.39 is 0 Å².